The molecule has 0 atom stereocenters. The maximum atomic E-state index is 12.8. The fourth-order valence-corrected chi connectivity index (χ4v) is 5.77. The Morgan fingerprint density at radius 2 is 1.84 bits per heavy atom. The number of amidine groups is 1. The maximum Gasteiger partial charge on any atom is 0.573 e. The summed E-state index contributed by atoms with van der Waals surface area (Å²) in [7, 11) is 0. The van der Waals surface area contributed by atoms with E-state index in [1.165, 1.54) is 52.6 Å². The van der Waals surface area contributed by atoms with Crippen molar-refractivity contribution in [3.05, 3.63) is 89.7 Å². The van der Waals surface area contributed by atoms with Crippen molar-refractivity contribution >= 4 is 28.5 Å². The number of benzene rings is 3. The topological polar surface area (TPSA) is 72.6 Å². The second kappa shape index (κ2) is 13.5. The largest absolute Gasteiger partial charge is 0.573 e. The van der Waals surface area contributed by atoms with Gasteiger partial charge in [0.1, 0.15) is 12.1 Å². The number of thioether (sulfide) groups is 1. The van der Waals surface area contributed by atoms with Crippen molar-refractivity contribution in [3.63, 3.8) is 0 Å². The van der Waals surface area contributed by atoms with Crippen molar-refractivity contribution in [2.45, 2.75) is 52.3 Å². The van der Waals surface area contributed by atoms with Gasteiger partial charge >= 0.3 is 6.36 Å². The molecule has 1 aromatic heterocycles. The number of aromatic nitrogens is 3. The lowest BCUT2D eigenvalue weighted by atomic mass is 10.0. The van der Waals surface area contributed by atoms with Crippen molar-refractivity contribution in [2.75, 3.05) is 17.2 Å². The van der Waals surface area contributed by atoms with E-state index in [4.69, 9.17) is 4.99 Å². The molecule has 2 heterocycles. The summed E-state index contributed by atoms with van der Waals surface area (Å²) in [5, 5.41) is 5.28. The van der Waals surface area contributed by atoms with Gasteiger partial charge in [-0.15, -0.1) is 18.3 Å². The number of aryl methyl sites for hydroxylation is 3. The predicted octanol–water partition coefficient (Wildman–Crippen LogP) is 7.55. The van der Waals surface area contributed by atoms with Crippen molar-refractivity contribution in [3.8, 4) is 22.8 Å². The number of ether oxygens (including phenoxy) is 1. The highest BCUT2D eigenvalue weighted by atomic mass is 32.2. The normalized spacial score (nSPS) is 14.6. The van der Waals surface area contributed by atoms with Gasteiger partial charge in [0, 0.05) is 12.1 Å². The Morgan fingerprint density at radius 1 is 1.02 bits per heavy atom. The van der Waals surface area contributed by atoms with E-state index in [1.807, 2.05) is 25.1 Å². The lowest BCUT2D eigenvalue weighted by molar-refractivity contribution is -0.274. The van der Waals surface area contributed by atoms with E-state index in [2.05, 4.69) is 46.0 Å². The van der Waals surface area contributed by atoms with Gasteiger partial charge in [0.2, 0.25) is 5.91 Å². The molecule has 0 bridgehead atoms. The van der Waals surface area contributed by atoms with Gasteiger partial charge in [-0.2, -0.15) is 0 Å². The monoisotopic (exact) mass is 607 g/mol. The average molecular weight is 608 g/mol. The zero-order valence-electron chi connectivity index (χ0n) is 24.0. The van der Waals surface area contributed by atoms with Crippen LogP contribution in [0.4, 0.5) is 18.9 Å². The quantitative estimate of drug-likeness (QED) is 0.165. The Morgan fingerprint density at radius 3 is 2.60 bits per heavy atom. The van der Waals surface area contributed by atoms with Gasteiger partial charge in [0.15, 0.2) is 11.0 Å². The van der Waals surface area contributed by atoms with E-state index in [9.17, 15) is 18.0 Å². The van der Waals surface area contributed by atoms with Gasteiger partial charge in [0.05, 0.1) is 17.1 Å². The van der Waals surface area contributed by atoms with Crippen LogP contribution in [0.1, 0.15) is 42.9 Å². The van der Waals surface area contributed by atoms with Crippen molar-refractivity contribution in [1.29, 1.82) is 0 Å². The zero-order chi connectivity index (χ0) is 30.4. The molecule has 3 aromatic carbocycles. The second-order valence-electron chi connectivity index (χ2n) is 10.3. The molecular formula is C32H32F3N5O2S. The van der Waals surface area contributed by atoms with Crippen LogP contribution < -0.4 is 9.64 Å². The summed E-state index contributed by atoms with van der Waals surface area (Å²) < 4.78 is 42.7. The van der Waals surface area contributed by atoms with Crippen molar-refractivity contribution in [2.24, 2.45) is 4.99 Å². The molecule has 5 rings (SSSR count). The highest BCUT2D eigenvalue weighted by Crippen LogP contribution is 2.31. The number of halogens is 3. The molecule has 11 heteroatoms. The molecule has 1 aliphatic heterocycles. The third-order valence-electron chi connectivity index (χ3n) is 6.90. The lowest BCUT2D eigenvalue weighted by Gasteiger charge is -2.20. The summed E-state index contributed by atoms with van der Waals surface area (Å²) in [6.45, 7) is 4.82. The van der Waals surface area contributed by atoms with Crippen molar-refractivity contribution in [1.82, 2.24) is 14.8 Å². The van der Waals surface area contributed by atoms with E-state index in [-0.39, 0.29) is 11.7 Å². The number of hydrogen-bond donors (Lipinski definition) is 0. The minimum Gasteiger partial charge on any atom is -0.406 e. The molecule has 0 spiro atoms. The molecule has 0 radical (unpaired) electrons. The van der Waals surface area contributed by atoms with Crippen LogP contribution in [0.15, 0.2) is 78.0 Å². The van der Waals surface area contributed by atoms with Crippen LogP contribution in [0, 0.1) is 6.92 Å². The molecule has 1 fully saturated rings. The molecule has 0 saturated carbocycles. The van der Waals surface area contributed by atoms with Crippen LogP contribution in [0.25, 0.3) is 17.1 Å². The average Bonchev–Trinajstić information content (AvgIpc) is 3.61. The molecule has 1 amide bonds. The molecule has 1 aliphatic rings. The molecule has 0 unspecified atom stereocenters. The van der Waals surface area contributed by atoms with Crippen LogP contribution in [0.2, 0.25) is 0 Å². The van der Waals surface area contributed by atoms with E-state index in [0.717, 1.165) is 59.6 Å². The molecule has 43 heavy (non-hydrogen) atoms. The van der Waals surface area contributed by atoms with Crippen LogP contribution in [0.5, 0.6) is 5.75 Å². The molecular weight excluding hydrogens is 575 g/mol. The number of carbonyl (C=O) groups is 1. The van der Waals surface area contributed by atoms with E-state index < -0.39 is 6.36 Å². The van der Waals surface area contributed by atoms with Crippen LogP contribution in [0.3, 0.4) is 0 Å². The van der Waals surface area contributed by atoms with E-state index in [0.29, 0.717) is 23.8 Å². The first-order chi connectivity index (χ1) is 20.7. The van der Waals surface area contributed by atoms with Gasteiger partial charge in [-0.1, -0.05) is 55.4 Å². The number of aliphatic imine (C=N–C) groups is 1. The van der Waals surface area contributed by atoms with Crippen LogP contribution in [-0.2, 0) is 17.6 Å². The summed E-state index contributed by atoms with van der Waals surface area (Å²) >= 11 is 1.50. The first-order valence-corrected chi connectivity index (χ1v) is 15.2. The third kappa shape index (κ3) is 7.84. The minimum atomic E-state index is -4.74. The minimum absolute atomic E-state index is 0.0760. The number of hydrogen-bond acceptors (Lipinski definition) is 6. The highest BCUT2D eigenvalue weighted by Gasteiger charge is 2.31. The Kier molecular flexibility index (Phi) is 9.49. The number of amides is 1. The second-order valence-corrected chi connectivity index (χ2v) is 11.2. The predicted molar refractivity (Wildman–Crippen MR) is 164 cm³/mol. The van der Waals surface area contributed by atoms with E-state index >= 15 is 0 Å². The molecule has 1 saturated heterocycles. The number of rotatable bonds is 11. The van der Waals surface area contributed by atoms with Gasteiger partial charge in [-0.05, 0) is 85.7 Å². The van der Waals surface area contributed by atoms with Gasteiger partial charge in [-0.25, -0.2) is 9.67 Å². The molecule has 4 aromatic rings. The number of nitrogens with zero attached hydrogens (tertiary/aromatic N) is 5. The van der Waals surface area contributed by atoms with Gasteiger partial charge in [-0.3, -0.25) is 14.7 Å². The van der Waals surface area contributed by atoms with Crippen LogP contribution in [-0.4, -0.2) is 44.5 Å². The highest BCUT2D eigenvalue weighted by molar-refractivity contribution is 8.15. The van der Waals surface area contributed by atoms with Crippen LogP contribution >= 0.6 is 11.8 Å². The molecule has 0 N–H and O–H groups in total. The smallest absolute Gasteiger partial charge is 0.406 e. The maximum absolute atomic E-state index is 12.8. The standard InChI is InChI=1S/C32H32F3N5O2S/c1-3-7-24-12-11-22(2)18-28(24)40-29(41)20-43-31(40)36-17-5-4-8-23-9-6-10-25(19-23)30-37-21-39(38-30)26-13-15-27(16-14-26)42-32(33,34)35/h6,9-16,18-19,21H,3-5,7-8,17,20H2,1-2H3. The summed E-state index contributed by atoms with van der Waals surface area (Å²) in [5.41, 5.74) is 5.81. The first-order valence-electron chi connectivity index (χ1n) is 14.2. The zero-order valence-corrected chi connectivity index (χ0v) is 24.8. The first kappa shape index (κ1) is 30.3. The van der Waals surface area contributed by atoms with E-state index in [1.54, 1.807) is 4.90 Å². The summed E-state index contributed by atoms with van der Waals surface area (Å²) in [6.07, 6.45) is 1.38. The Balaban J connectivity index is 1.17. The Labute approximate surface area is 252 Å². The van der Waals surface area contributed by atoms with Gasteiger partial charge in [0.25, 0.3) is 0 Å². The SMILES string of the molecule is CCCc1ccc(C)cc1N1C(=O)CSC1=NCCCCc1cccc(-c2ncn(-c3ccc(OC(F)(F)F)cc3)n2)c1. The van der Waals surface area contributed by atoms with Crippen molar-refractivity contribution < 1.29 is 22.7 Å². The van der Waals surface area contributed by atoms with Gasteiger partial charge < -0.3 is 4.74 Å². The number of unbranched alkanes of at least 4 members (excludes halogenated alkanes) is 1. The third-order valence-corrected chi connectivity index (χ3v) is 7.86. The number of anilines is 1. The fraction of sp³-hybridized carbons (Fsp3) is 0.312. The Hall–Kier alpha value is -4.12. The lowest BCUT2D eigenvalue weighted by Crippen LogP contribution is -2.30. The summed E-state index contributed by atoms with van der Waals surface area (Å²) in [4.78, 5) is 23.8. The summed E-state index contributed by atoms with van der Waals surface area (Å²) in [6, 6.07) is 19.7. The summed E-state index contributed by atoms with van der Waals surface area (Å²) in [5.74, 6) is 0.709. The molecule has 0 aliphatic carbocycles. The Bertz CT molecular complexity index is 1600. The molecule has 224 valence electrons. The number of carbonyl (C=O) groups excluding carboxylic acids is 1. The fourth-order valence-electron chi connectivity index (χ4n) is 4.88. The number of alkyl halides is 3. The molecule has 7 nitrogen and oxygen atoms in total.